The predicted octanol–water partition coefficient (Wildman–Crippen LogP) is 2.70. The molecule has 1 saturated heterocycles. The number of rotatable bonds is 8. The molecule has 0 unspecified atom stereocenters. The van der Waals surface area contributed by atoms with Crippen LogP contribution in [0.5, 0.6) is 0 Å². The second-order valence-electron chi connectivity index (χ2n) is 7.83. The van der Waals surface area contributed by atoms with Gasteiger partial charge in [0, 0.05) is 24.5 Å². The Bertz CT molecular complexity index is 794. The predicted molar refractivity (Wildman–Crippen MR) is 111 cm³/mol. The summed E-state index contributed by atoms with van der Waals surface area (Å²) in [6.07, 6.45) is 8.77. The Morgan fingerprint density at radius 2 is 1.76 bits per heavy atom. The summed E-state index contributed by atoms with van der Waals surface area (Å²) in [7, 11) is -3.49. The molecule has 3 rings (SSSR count). The van der Waals surface area contributed by atoms with Crippen LogP contribution in [0, 0.1) is 5.92 Å². The second-order valence-corrected chi connectivity index (χ2v) is 11.2. The smallest absolute Gasteiger partial charge is 0.311 e. The van der Waals surface area contributed by atoms with E-state index in [2.05, 4.69) is 5.32 Å². The van der Waals surface area contributed by atoms with E-state index < -0.39 is 16.0 Å². The summed E-state index contributed by atoms with van der Waals surface area (Å²) in [6.45, 7) is 1.44. The monoisotopic (exact) mass is 442 g/mol. The van der Waals surface area contributed by atoms with Crippen LogP contribution in [0.1, 0.15) is 56.2 Å². The third kappa shape index (κ3) is 6.52. The van der Waals surface area contributed by atoms with Gasteiger partial charge in [-0.1, -0.05) is 25.7 Å². The summed E-state index contributed by atoms with van der Waals surface area (Å²) in [4.78, 5) is 24.5. The molecule has 1 aromatic rings. The Hall–Kier alpha value is -1.45. The number of piperidine rings is 1. The number of esters is 1. The molecule has 0 aromatic carbocycles. The van der Waals surface area contributed by atoms with Gasteiger partial charge in [0.15, 0.2) is 6.61 Å². The van der Waals surface area contributed by atoms with Gasteiger partial charge in [-0.2, -0.15) is 4.31 Å². The molecule has 0 atom stereocenters. The van der Waals surface area contributed by atoms with Crippen LogP contribution in [-0.4, -0.2) is 50.8 Å². The van der Waals surface area contributed by atoms with Crippen LogP contribution in [-0.2, 0) is 30.8 Å². The van der Waals surface area contributed by atoms with Crippen molar-refractivity contribution in [3.05, 3.63) is 17.0 Å². The number of sulfonamides is 1. The second kappa shape index (κ2) is 10.5. The molecule has 1 saturated carbocycles. The zero-order valence-electron chi connectivity index (χ0n) is 16.7. The van der Waals surface area contributed by atoms with Crippen LogP contribution in [0.2, 0.25) is 0 Å². The number of ether oxygens (including phenoxy) is 1. The van der Waals surface area contributed by atoms with Crippen molar-refractivity contribution in [3.8, 4) is 0 Å². The fourth-order valence-electron chi connectivity index (χ4n) is 3.86. The Morgan fingerprint density at radius 1 is 1.07 bits per heavy atom. The summed E-state index contributed by atoms with van der Waals surface area (Å²) >= 11 is 1.09. The third-order valence-corrected chi connectivity index (χ3v) is 8.99. The number of carbonyl (C=O) groups excluding carboxylic acids is 2. The molecule has 2 heterocycles. The summed E-state index contributed by atoms with van der Waals surface area (Å²) in [5.41, 5.74) is 0. The molecule has 9 heteroatoms. The first-order valence-corrected chi connectivity index (χ1v) is 12.7. The summed E-state index contributed by atoms with van der Waals surface area (Å²) < 4.78 is 32.2. The molecule has 1 aromatic heterocycles. The van der Waals surface area contributed by atoms with Crippen LogP contribution in [0.25, 0.3) is 0 Å². The van der Waals surface area contributed by atoms with Crippen LogP contribution in [0.4, 0.5) is 0 Å². The van der Waals surface area contributed by atoms with E-state index in [0.717, 1.165) is 43.4 Å². The van der Waals surface area contributed by atoms with Gasteiger partial charge in [-0.05, 0) is 43.7 Å². The lowest BCUT2D eigenvalue weighted by Crippen LogP contribution is -2.35. The third-order valence-electron chi connectivity index (χ3n) is 5.54. The van der Waals surface area contributed by atoms with E-state index in [4.69, 9.17) is 4.74 Å². The normalized spacial score (nSPS) is 19.0. The van der Waals surface area contributed by atoms with Gasteiger partial charge in [-0.15, -0.1) is 11.3 Å². The number of nitrogens with zero attached hydrogens (tertiary/aromatic N) is 1. The van der Waals surface area contributed by atoms with Crippen molar-refractivity contribution in [1.82, 2.24) is 9.62 Å². The zero-order valence-corrected chi connectivity index (χ0v) is 18.4. The van der Waals surface area contributed by atoms with Gasteiger partial charge in [0.05, 0.1) is 6.42 Å². The number of amides is 1. The van der Waals surface area contributed by atoms with Crippen LogP contribution < -0.4 is 5.32 Å². The summed E-state index contributed by atoms with van der Waals surface area (Å²) in [6, 6.07) is 3.19. The molecule has 29 heavy (non-hydrogen) atoms. The Morgan fingerprint density at radius 3 is 2.48 bits per heavy atom. The van der Waals surface area contributed by atoms with Crippen molar-refractivity contribution in [2.75, 3.05) is 26.2 Å². The molecule has 162 valence electrons. The van der Waals surface area contributed by atoms with Crippen LogP contribution in [0.15, 0.2) is 16.3 Å². The van der Waals surface area contributed by atoms with E-state index >= 15 is 0 Å². The molecule has 7 nitrogen and oxygen atoms in total. The molecule has 2 fully saturated rings. The Labute approximate surface area is 176 Å². The molecule has 2 aliphatic rings. The largest absolute Gasteiger partial charge is 0.455 e. The van der Waals surface area contributed by atoms with Gasteiger partial charge in [-0.3, -0.25) is 9.59 Å². The van der Waals surface area contributed by atoms with Crippen molar-refractivity contribution < 1.29 is 22.7 Å². The van der Waals surface area contributed by atoms with Gasteiger partial charge >= 0.3 is 5.97 Å². The van der Waals surface area contributed by atoms with E-state index in [9.17, 15) is 18.0 Å². The first-order valence-electron chi connectivity index (χ1n) is 10.5. The summed E-state index contributed by atoms with van der Waals surface area (Å²) in [5, 5.41) is 2.83. The molecule has 0 spiro atoms. The van der Waals surface area contributed by atoms with Gasteiger partial charge in [0.25, 0.3) is 15.9 Å². The first-order chi connectivity index (χ1) is 13.9. The first kappa shape index (κ1) is 22.2. The minimum Gasteiger partial charge on any atom is -0.455 e. The molecule has 1 amide bonds. The lowest BCUT2D eigenvalue weighted by atomic mass is 9.89. The average Bonchev–Trinajstić information content (AvgIpc) is 3.21. The van der Waals surface area contributed by atoms with E-state index in [-0.39, 0.29) is 23.1 Å². The number of carbonyl (C=O) groups is 2. The number of nitrogens with one attached hydrogen (secondary N) is 1. The highest BCUT2D eigenvalue weighted by Gasteiger charge is 2.27. The highest BCUT2D eigenvalue weighted by Crippen LogP contribution is 2.27. The molecule has 0 bridgehead atoms. The quantitative estimate of drug-likeness (QED) is 0.625. The standard InChI is InChI=1S/C20H30N2O5S2/c23-18(21-14-16-7-3-1-4-8-16)15-27-19(24)13-17-9-10-20(28-17)29(25,26)22-11-5-2-6-12-22/h9-10,16H,1-8,11-15H2,(H,21,23). The molecule has 0 radical (unpaired) electrons. The minimum atomic E-state index is -3.49. The van der Waals surface area contributed by atoms with Crippen LogP contribution in [0.3, 0.4) is 0 Å². The van der Waals surface area contributed by atoms with Crippen molar-refractivity contribution >= 4 is 33.2 Å². The van der Waals surface area contributed by atoms with E-state index in [1.54, 1.807) is 12.1 Å². The maximum atomic E-state index is 12.7. The van der Waals surface area contributed by atoms with Crippen LogP contribution >= 0.6 is 11.3 Å². The number of thiophene rings is 1. The van der Waals surface area contributed by atoms with E-state index in [1.807, 2.05) is 0 Å². The van der Waals surface area contributed by atoms with Gasteiger partial charge < -0.3 is 10.1 Å². The molecular weight excluding hydrogens is 412 g/mol. The van der Waals surface area contributed by atoms with Crippen molar-refractivity contribution in [2.45, 2.75) is 62.0 Å². The fourth-order valence-corrected chi connectivity index (χ4v) is 6.88. The lowest BCUT2D eigenvalue weighted by molar-refractivity contribution is -0.147. The van der Waals surface area contributed by atoms with E-state index in [1.165, 1.54) is 23.6 Å². The van der Waals surface area contributed by atoms with Crippen molar-refractivity contribution in [2.24, 2.45) is 5.92 Å². The summed E-state index contributed by atoms with van der Waals surface area (Å²) in [5.74, 6) is -0.292. The topological polar surface area (TPSA) is 92.8 Å². The average molecular weight is 443 g/mol. The highest BCUT2D eigenvalue weighted by molar-refractivity contribution is 7.91. The molecular formula is C20H30N2O5S2. The Kier molecular flexibility index (Phi) is 8.08. The van der Waals surface area contributed by atoms with Crippen molar-refractivity contribution in [1.29, 1.82) is 0 Å². The number of hydrogen-bond acceptors (Lipinski definition) is 6. The maximum absolute atomic E-state index is 12.7. The molecule has 1 N–H and O–H groups in total. The molecule has 1 aliphatic carbocycles. The zero-order chi connectivity index (χ0) is 20.7. The Balaban J connectivity index is 1.42. The van der Waals surface area contributed by atoms with Gasteiger partial charge in [-0.25, -0.2) is 8.42 Å². The SMILES string of the molecule is O=C(COC(=O)Cc1ccc(S(=O)(=O)N2CCCCC2)s1)NCC1CCCCC1. The van der Waals surface area contributed by atoms with Gasteiger partial charge in [0.2, 0.25) is 0 Å². The van der Waals surface area contributed by atoms with Crippen molar-refractivity contribution in [3.63, 3.8) is 0 Å². The lowest BCUT2D eigenvalue weighted by Gasteiger charge is -2.25. The number of hydrogen-bond donors (Lipinski definition) is 1. The van der Waals surface area contributed by atoms with E-state index in [0.29, 0.717) is 30.4 Å². The minimum absolute atomic E-state index is 0.0317. The maximum Gasteiger partial charge on any atom is 0.311 e. The highest BCUT2D eigenvalue weighted by atomic mass is 32.2. The molecule has 1 aliphatic heterocycles. The fraction of sp³-hybridized carbons (Fsp3) is 0.700. The van der Waals surface area contributed by atoms with Gasteiger partial charge in [0.1, 0.15) is 4.21 Å².